The van der Waals surface area contributed by atoms with Crippen molar-refractivity contribution in [1.29, 1.82) is 0 Å². The van der Waals surface area contributed by atoms with Gasteiger partial charge in [0.05, 0.1) is 6.54 Å². The highest BCUT2D eigenvalue weighted by Crippen LogP contribution is 2.19. The molecule has 20 heavy (non-hydrogen) atoms. The fourth-order valence-electron chi connectivity index (χ4n) is 2.12. The van der Waals surface area contributed by atoms with Crippen molar-refractivity contribution in [3.05, 3.63) is 48.5 Å². The summed E-state index contributed by atoms with van der Waals surface area (Å²) < 4.78 is 4.02. The molecule has 0 radical (unpaired) electrons. The molecule has 0 aliphatic rings. The van der Waals surface area contributed by atoms with Crippen molar-refractivity contribution in [2.75, 3.05) is 0 Å². The van der Waals surface area contributed by atoms with Gasteiger partial charge >= 0.3 is 5.69 Å². The molecule has 6 nitrogen and oxygen atoms in total. The Morgan fingerprint density at radius 2 is 2.05 bits per heavy atom. The quantitative estimate of drug-likeness (QED) is 0.668. The minimum absolute atomic E-state index is 0.201. The van der Waals surface area contributed by atoms with Gasteiger partial charge in [-0.25, -0.2) is 4.79 Å². The molecule has 0 fully saturated rings. The smallest absolute Gasteiger partial charge is 0.303 e. The van der Waals surface area contributed by atoms with Gasteiger partial charge in [0.2, 0.25) is 5.28 Å². The van der Waals surface area contributed by atoms with E-state index in [4.69, 9.17) is 11.6 Å². The molecule has 0 spiro atoms. The summed E-state index contributed by atoms with van der Waals surface area (Å²) in [7, 11) is 3.02. The fourth-order valence-corrected chi connectivity index (χ4v) is 3.04. The number of hydrogen-bond donors (Lipinski definition) is 0. The van der Waals surface area contributed by atoms with E-state index in [0.717, 1.165) is 9.44 Å². The van der Waals surface area contributed by atoms with Crippen LogP contribution >= 0.6 is 22.9 Å². The highest BCUT2D eigenvalue weighted by atomic mass is 35.5. The molecular weight excluding hydrogens is 300 g/mol. The summed E-state index contributed by atoms with van der Waals surface area (Å²) in [6, 6.07) is 3.89. The number of nitrogens with zero attached hydrogens (tertiary/aromatic N) is 4. The molecule has 104 valence electrons. The van der Waals surface area contributed by atoms with Crippen LogP contribution in [0.3, 0.4) is 0 Å². The second kappa shape index (κ2) is 4.60. The van der Waals surface area contributed by atoms with Gasteiger partial charge in [0.1, 0.15) is 0 Å². The molecule has 3 rings (SSSR count). The Morgan fingerprint density at radius 1 is 1.30 bits per heavy atom. The van der Waals surface area contributed by atoms with Crippen LogP contribution in [0.5, 0.6) is 0 Å². The predicted octanol–water partition coefficient (Wildman–Crippen LogP) is 1.20. The SMILES string of the molecule is Cn1c(=O)c2c(nc(Cl)n2Cc2cccs2)n(C)c1=O. The normalized spacial score (nSPS) is 11.3. The summed E-state index contributed by atoms with van der Waals surface area (Å²) in [6.07, 6.45) is 0. The Kier molecular flexibility index (Phi) is 3.02. The highest BCUT2D eigenvalue weighted by molar-refractivity contribution is 7.09. The Balaban J connectivity index is 2.36. The summed E-state index contributed by atoms with van der Waals surface area (Å²) in [4.78, 5) is 29.4. The number of hydrogen-bond acceptors (Lipinski definition) is 4. The van der Waals surface area contributed by atoms with Gasteiger partial charge in [0.25, 0.3) is 5.56 Å². The average Bonchev–Trinajstić information content (AvgIpc) is 3.04. The van der Waals surface area contributed by atoms with Gasteiger partial charge in [0, 0.05) is 19.0 Å². The first kappa shape index (κ1) is 13.1. The molecule has 0 saturated carbocycles. The monoisotopic (exact) mass is 310 g/mol. The molecule has 0 atom stereocenters. The molecule has 0 unspecified atom stereocenters. The third-order valence-corrected chi connectivity index (χ3v) is 4.35. The number of halogens is 1. The third kappa shape index (κ3) is 1.82. The second-order valence-corrected chi connectivity index (χ2v) is 5.79. The van der Waals surface area contributed by atoms with Crippen LogP contribution in [0.25, 0.3) is 11.2 Å². The summed E-state index contributed by atoms with van der Waals surface area (Å²) in [5, 5.41) is 2.16. The molecular formula is C12H11ClN4O2S. The van der Waals surface area contributed by atoms with Crippen LogP contribution in [0.1, 0.15) is 4.88 Å². The Hall–Kier alpha value is -1.86. The maximum atomic E-state index is 12.3. The summed E-state index contributed by atoms with van der Waals surface area (Å²) in [5.41, 5.74) is -0.161. The van der Waals surface area contributed by atoms with E-state index in [0.29, 0.717) is 17.7 Å². The number of thiophene rings is 1. The molecule has 0 N–H and O–H groups in total. The lowest BCUT2D eigenvalue weighted by Crippen LogP contribution is -2.37. The van der Waals surface area contributed by atoms with Crippen LogP contribution < -0.4 is 11.2 Å². The van der Waals surface area contributed by atoms with Gasteiger partial charge in [-0.15, -0.1) is 11.3 Å². The van der Waals surface area contributed by atoms with Gasteiger partial charge < -0.3 is 4.57 Å². The first-order valence-electron chi connectivity index (χ1n) is 5.85. The first-order chi connectivity index (χ1) is 9.50. The molecule has 8 heteroatoms. The fraction of sp³-hybridized carbons (Fsp3) is 0.250. The molecule has 3 aromatic heterocycles. The van der Waals surface area contributed by atoms with E-state index < -0.39 is 5.69 Å². The number of fused-ring (bicyclic) bond motifs is 1. The highest BCUT2D eigenvalue weighted by Gasteiger charge is 2.18. The third-order valence-electron chi connectivity index (χ3n) is 3.20. The molecule has 3 heterocycles. The maximum absolute atomic E-state index is 12.3. The van der Waals surface area contributed by atoms with Gasteiger partial charge in [-0.2, -0.15) is 4.98 Å². The van der Waals surface area contributed by atoms with Crippen molar-refractivity contribution in [1.82, 2.24) is 18.7 Å². The van der Waals surface area contributed by atoms with Crippen molar-refractivity contribution in [2.24, 2.45) is 14.1 Å². The molecule has 0 amide bonds. The van der Waals surface area contributed by atoms with Crippen molar-refractivity contribution in [3.8, 4) is 0 Å². The van der Waals surface area contributed by atoms with Gasteiger partial charge in [-0.1, -0.05) is 6.07 Å². The van der Waals surface area contributed by atoms with Crippen LogP contribution in [-0.4, -0.2) is 18.7 Å². The predicted molar refractivity (Wildman–Crippen MR) is 78.6 cm³/mol. The summed E-state index contributed by atoms with van der Waals surface area (Å²) in [6.45, 7) is 0.459. The number of aromatic nitrogens is 4. The van der Waals surface area contributed by atoms with Gasteiger partial charge in [-0.05, 0) is 23.0 Å². The lowest BCUT2D eigenvalue weighted by molar-refractivity contribution is 0.703. The number of aryl methyl sites for hydroxylation is 1. The standard InChI is InChI=1S/C12H11ClN4O2S/c1-15-9-8(10(18)16(2)12(15)19)17(11(13)14-9)6-7-4-3-5-20-7/h3-5H,6H2,1-2H3. The van der Waals surface area contributed by atoms with Gasteiger partial charge in [0.15, 0.2) is 11.2 Å². The van der Waals surface area contributed by atoms with Crippen LogP contribution in [0, 0.1) is 0 Å². The minimum atomic E-state index is -0.417. The zero-order chi connectivity index (χ0) is 14.4. The molecule has 0 aliphatic carbocycles. The molecule has 3 aromatic rings. The van der Waals surface area contributed by atoms with E-state index in [2.05, 4.69) is 4.98 Å². The van der Waals surface area contributed by atoms with Crippen LogP contribution in [0.4, 0.5) is 0 Å². The van der Waals surface area contributed by atoms with Crippen LogP contribution in [-0.2, 0) is 20.6 Å². The van der Waals surface area contributed by atoms with Crippen molar-refractivity contribution in [3.63, 3.8) is 0 Å². The Morgan fingerprint density at radius 3 is 2.70 bits per heavy atom. The molecule has 0 saturated heterocycles. The minimum Gasteiger partial charge on any atom is -0.303 e. The van der Waals surface area contributed by atoms with Gasteiger partial charge in [-0.3, -0.25) is 13.9 Å². The second-order valence-electron chi connectivity index (χ2n) is 4.42. The van der Waals surface area contributed by atoms with Crippen molar-refractivity contribution in [2.45, 2.75) is 6.54 Å². The van der Waals surface area contributed by atoms with Crippen molar-refractivity contribution >= 4 is 34.1 Å². The molecule has 0 aromatic carbocycles. The van der Waals surface area contributed by atoms with Crippen LogP contribution in [0.15, 0.2) is 27.1 Å². The summed E-state index contributed by atoms with van der Waals surface area (Å²) in [5.74, 6) is 0. The Labute approximate surface area is 122 Å². The maximum Gasteiger partial charge on any atom is 0.332 e. The molecule has 0 aliphatic heterocycles. The largest absolute Gasteiger partial charge is 0.332 e. The van der Waals surface area contributed by atoms with Crippen molar-refractivity contribution < 1.29 is 0 Å². The first-order valence-corrected chi connectivity index (χ1v) is 7.10. The topological polar surface area (TPSA) is 61.8 Å². The molecule has 0 bridgehead atoms. The number of imidazole rings is 1. The van der Waals surface area contributed by atoms with E-state index in [-0.39, 0.29) is 10.8 Å². The lowest BCUT2D eigenvalue weighted by atomic mass is 10.4. The van der Waals surface area contributed by atoms with E-state index in [1.54, 1.807) is 23.0 Å². The van der Waals surface area contributed by atoms with E-state index in [1.165, 1.54) is 11.6 Å². The van der Waals surface area contributed by atoms with E-state index >= 15 is 0 Å². The lowest BCUT2D eigenvalue weighted by Gasteiger charge is -2.06. The zero-order valence-electron chi connectivity index (χ0n) is 10.8. The summed E-state index contributed by atoms with van der Waals surface area (Å²) >= 11 is 7.70. The van der Waals surface area contributed by atoms with Crippen LogP contribution in [0.2, 0.25) is 5.28 Å². The average molecular weight is 311 g/mol. The number of rotatable bonds is 2. The Bertz CT molecular complexity index is 904. The van der Waals surface area contributed by atoms with E-state index in [9.17, 15) is 9.59 Å². The zero-order valence-corrected chi connectivity index (χ0v) is 12.4. The van der Waals surface area contributed by atoms with E-state index in [1.807, 2.05) is 17.5 Å².